The highest BCUT2D eigenvalue weighted by Gasteiger charge is 2.19. The minimum absolute atomic E-state index is 0.618. The number of aromatic nitrogens is 3. The first-order valence-corrected chi connectivity index (χ1v) is 19.9. The topological polar surface area (TPSA) is 38.7 Å². The van der Waals surface area contributed by atoms with E-state index >= 15 is 0 Å². The first kappa shape index (κ1) is 34.4. The van der Waals surface area contributed by atoms with E-state index in [2.05, 4.69) is 182 Å². The maximum Gasteiger partial charge on any atom is 0.164 e. The molecule has 57 heavy (non-hydrogen) atoms. The molecule has 2 heterocycles. The first-order chi connectivity index (χ1) is 28.2. The summed E-state index contributed by atoms with van der Waals surface area (Å²) in [7, 11) is 0. The summed E-state index contributed by atoms with van der Waals surface area (Å²) in [5.41, 5.74) is 14.2. The van der Waals surface area contributed by atoms with Gasteiger partial charge in [-0.25, -0.2) is 15.0 Å². The zero-order valence-corrected chi connectivity index (χ0v) is 31.8. The standard InChI is InChI=1S/C53H35N3S/c1-4-16-36(17-5-1)42-32-43(37-18-6-2-7-19-37)34-44(33-42)53-55-51(40-21-8-3-9-22-40)54-52(56-53)41-31-30-39-29-28-38-20-10-11-23-45(38)46-24-12-14-26-49(46)57-50-27-15-13-25-47(50)48(39)35-41/h1-35H. The Bertz CT molecular complexity index is 2860. The lowest BCUT2D eigenvalue weighted by atomic mass is 9.94. The summed E-state index contributed by atoms with van der Waals surface area (Å²) in [5.74, 6) is 1.86. The van der Waals surface area contributed by atoms with Gasteiger partial charge in [0.1, 0.15) is 0 Å². The van der Waals surface area contributed by atoms with Gasteiger partial charge in [-0.1, -0.05) is 188 Å². The molecule has 0 spiro atoms. The van der Waals surface area contributed by atoms with Crippen molar-refractivity contribution in [1.29, 1.82) is 0 Å². The van der Waals surface area contributed by atoms with E-state index in [0.717, 1.165) is 55.6 Å². The lowest BCUT2D eigenvalue weighted by molar-refractivity contribution is 1.07. The molecule has 8 aromatic carbocycles. The van der Waals surface area contributed by atoms with Crippen LogP contribution in [0.4, 0.5) is 0 Å². The second-order valence-corrected chi connectivity index (χ2v) is 15.1. The zero-order valence-electron chi connectivity index (χ0n) is 31.0. The van der Waals surface area contributed by atoms with Gasteiger partial charge in [0.15, 0.2) is 17.5 Å². The number of nitrogens with zero attached hydrogens (tertiary/aromatic N) is 3. The van der Waals surface area contributed by atoms with E-state index in [1.807, 2.05) is 30.3 Å². The number of benzene rings is 8. The Kier molecular flexibility index (Phi) is 9.15. The van der Waals surface area contributed by atoms with Crippen LogP contribution in [0.2, 0.25) is 0 Å². The normalized spacial score (nSPS) is 11.7. The van der Waals surface area contributed by atoms with Crippen LogP contribution in [0.3, 0.4) is 0 Å². The Morgan fingerprint density at radius 1 is 0.263 bits per heavy atom. The zero-order chi connectivity index (χ0) is 38.0. The largest absolute Gasteiger partial charge is 0.208 e. The SMILES string of the molecule is C1=Cc2ccc(-c3nc(-c4ccccc4)nc(-c4cc(-c5ccccc5)cc(-c5ccccc5)c4)n3)cc2-c2ccccc2Sc2ccccc2-c2ccccc21. The predicted octanol–water partition coefficient (Wildman–Crippen LogP) is 14.2. The molecular weight excluding hydrogens is 711 g/mol. The van der Waals surface area contributed by atoms with Crippen molar-refractivity contribution in [1.82, 2.24) is 15.0 Å². The van der Waals surface area contributed by atoms with Gasteiger partial charge < -0.3 is 0 Å². The molecule has 0 N–H and O–H groups in total. The minimum atomic E-state index is 0.618. The van der Waals surface area contributed by atoms with Gasteiger partial charge in [0.25, 0.3) is 0 Å². The Morgan fingerprint density at radius 3 is 1.28 bits per heavy atom. The quantitative estimate of drug-likeness (QED) is 0.176. The summed E-state index contributed by atoms with van der Waals surface area (Å²) in [5, 5.41) is 0. The van der Waals surface area contributed by atoms with Crippen LogP contribution in [0.15, 0.2) is 210 Å². The Morgan fingerprint density at radius 2 is 0.684 bits per heavy atom. The summed E-state index contributed by atoms with van der Waals surface area (Å²) in [6.45, 7) is 0. The van der Waals surface area contributed by atoms with Crippen LogP contribution >= 0.6 is 11.8 Å². The minimum Gasteiger partial charge on any atom is -0.208 e. The molecule has 0 unspecified atom stereocenters. The number of hydrogen-bond donors (Lipinski definition) is 0. The number of rotatable bonds is 5. The number of fused-ring (bicyclic) bond motifs is 6. The Balaban J connectivity index is 1.17. The fourth-order valence-electron chi connectivity index (χ4n) is 7.52. The molecule has 9 aromatic rings. The summed E-state index contributed by atoms with van der Waals surface area (Å²) in [6, 6.07) is 70.4. The van der Waals surface area contributed by atoms with Gasteiger partial charge in [-0.05, 0) is 92.0 Å². The van der Waals surface area contributed by atoms with Crippen molar-refractivity contribution < 1.29 is 0 Å². The van der Waals surface area contributed by atoms with Crippen molar-refractivity contribution in [2.24, 2.45) is 0 Å². The molecule has 0 fully saturated rings. The van der Waals surface area contributed by atoms with E-state index in [-0.39, 0.29) is 0 Å². The van der Waals surface area contributed by atoms with Crippen molar-refractivity contribution >= 4 is 23.9 Å². The highest BCUT2D eigenvalue weighted by molar-refractivity contribution is 7.99. The molecule has 268 valence electrons. The van der Waals surface area contributed by atoms with Crippen molar-refractivity contribution in [3.8, 4) is 78.7 Å². The average Bonchev–Trinajstić information content (AvgIpc) is 3.31. The van der Waals surface area contributed by atoms with E-state index < -0.39 is 0 Å². The first-order valence-electron chi connectivity index (χ1n) is 19.1. The third-order valence-electron chi connectivity index (χ3n) is 10.4. The molecule has 0 amide bonds. The fourth-order valence-corrected chi connectivity index (χ4v) is 8.62. The molecule has 1 aliphatic heterocycles. The predicted molar refractivity (Wildman–Crippen MR) is 237 cm³/mol. The van der Waals surface area contributed by atoms with Crippen molar-refractivity contribution in [2.45, 2.75) is 9.79 Å². The summed E-state index contributed by atoms with van der Waals surface area (Å²) >= 11 is 1.81. The van der Waals surface area contributed by atoms with E-state index in [1.54, 1.807) is 11.8 Å². The Hall–Kier alpha value is -7.14. The highest BCUT2D eigenvalue weighted by atomic mass is 32.2. The Labute approximate surface area is 337 Å². The molecular formula is C53H35N3S. The van der Waals surface area contributed by atoms with Gasteiger partial charge in [0.05, 0.1) is 0 Å². The maximum atomic E-state index is 5.28. The van der Waals surface area contributed by atoms with E-state index in [9.17, 15) is 0 Å². The summed E-state index contributed by atoms with van der Waals surface area (Å²) in [4.78, 5) is 18.0. The van der Waals surface area contributed by atoms with Gasteiger partial charge >= 0.3 is 0 Å². The highest BCUT2D eigenvalue weighted by Crippen LogP contribution is 2.44. The van der Waals surface area contributed by atoms with Crippen LogP contribution in [0.25, 0.3) is 90.8 Å². The van der Waals surface area contributed by atoms with E-state index in [0.29, 0.717) is 17.5 Å². The van der Waals surface area contributed by atoms with Gasteiger partial charge in [-0.3, -0.25) is 0 Å². The van der Waals surface area contributed by atoms with Gasteiger partial charge in [0, 0.05) is 26.5 Å². The molecule has 0 aliphatic carbocycles. The molecule has 0 bridgehead atoms. The monoisotopic (exact) mass is 745 g/mol. The van der Waals surface area contributed by atoms with Gasteiger partial charge in [-0.15, -0.1) is 0 Å². The lowest BCUT2D eigenvalue weighted by Crippen LogP contribution is -2.01. The number of hydrogen-bond acceptors (Lipinski definition) is 4. The lowest BCUT2D eigenvalue weighted by Gasteiger charge is -2.15. The molecule has 0 saturated carbocycles. The van der Waals surface area contributed by atoms with Crippen LogP contribution in [0.5, 0.6) is 0 Å². The molecule has 4 heteroatoms. The van der Waals surface area contributed by atoms with Crippen LogP contribution < -0.4 is 0 Å². The average molecular weight is 746 g/mol. The molecule has 3 nitrogen and oxygen atoms in total. The van der Waals surface area contributed by atoms with Gasteiger partial charge in [0.2, 0.25) is 0 Å². The maximum absolute atomic E-state index is 5.28. The molecule has 0 radical (unpaired) electrons. The smallest absolute Gasteiger partial charge is 0.164 e. The molecule has 0 atom stereocenters. The molecule has 0 saturated heterocycles. The third kappa shape index (κ3) is 6.99. The second-order valence-electron chi connectivity index (χ2n) is 14.0. The summed E-state index contributed by atoms with van der Waals surface area (Å²) < 4.78 is 0. The fraction of sp³-hybridized carbons (Fsp3) is 0. The van der Waals surface area contributed by atoms with Crippen LogP contribution in [0, 0.1) is 0 Å². The second kappa shape index (κ2) is 15.2. The van der Waals surface area contributed by atoms with Crippen LogP contribution in [-0.2, 0) is 0 Å². The molecule has 1 aliphatic rings. The summed E-state index contributed by atoms with van der Waals surface area (Å²) in [6.07, 6.45) is 4.48. The van der Waals surface area contributed by atoms with Gasteiger partial charge in [-0.2, -0.15) is 0 Å². The van der Waals surface area contributed by atoms with Crippen LogP contribution in [-0.4, -0.2) is 15.0 Å². The third-order valence-corrected chi connectivity index (χ3v) is 11.5. The van der Waals surface area contributed by atoms with Crippen molar-refractivity contribution in [2.75, 3.05) is 0 Å². The van der Waals surface area contributed by atoms with E-state index in [1.165, 1.54) is 26.5 Å². The van der Waals surface area contributed by atoms with Crippen LogP contribution in [0.1, 0.15) is 11.1 Å². The van der Waals surface area contributed by atoms with Crippen molar-refractivity contribution in [3.05, 3.63) is 211 Å². The van der Waals surface area contributed by atoms with E-state index in [4.69, 9.17) is 15.0 Å². The molecule has 10 rings (SSSR count). The van der Waals surface area contributed by atoms with Crippen molar-refractivity contribution in [3.63, 3.8) is 0 Å². The molecule has 1 aromatic heterocycles.